The second-order valence-corrected chi connectivity index (χ2v) is 12.3. The number of carbonyl (C=O) groups excluding carboxylic acids is 5. The van der Waals surface area contributed by atoms with Crippen molar-refractivity contribution in [2.75, 3.05) is 6.54 Å². The molecule has 1 aliphatic rings. The van der Waals surface area contributed by atoms with Crippen LogP contribution in [-0.4, -0.2) is 121 Å². The van der Waals surface area contributed by atoms with Gasteiger partial charge in [0.15, 0.2) is 0 Å². The summed E-state index contributed by atoms with van der Waals surface area (Å²) in [5, 5.41) is 48.4. The molecule has 1 aromatic carbocycles. The van der Waals surface area contributed by atoms with Crippen LogP contribution in [0.15, 0.2) is 30.3 Å². The summed E-state index contributed by atoms with van der Waals surface area (Å²) in [7, 11) is 0. The molecule has 1 saturated heterocycles. The number of carboxylic acid groups (broad SMARTS) is 3. The van der Waals surface area contributed by atoms with Gasteiger partial charge in [0.1, 0.15) is 30.2 Å². The van der Waals surface area contributed by atoms with E-state index in [9.17, 15) is 58.8 Å². The Morgan fingerprint density at radius 1 is 0.820 bits per heavy atom. The SMILES string of the molecule is CC(C)C[C@H](NC(=O)N(N)Cc1ccccc1)C(=O)N[C@@H](CC(=O)O)C(=O)N[C@H](C(=O)N[C@@H](CC(=O)O)C(=O)N1CCC[C@@H]1C(=O)O)[C@@H](C)O. The molecule has 1 aromatic rings. The van der Waals surface area contributed by atoms with Crippen molar-refractivity contribution in [3.8, 4) is 0 Å². The molecule has 10 N–H and O–H groups in total. The van der Waals surface area contributed by atoms with Crippen molar-refractivity contribution in [3.05, 3.63) is 35.9 Å². The number of amides is 6. The number of aliphatic carboxylic acids is 3. The molecule has 0 aliphatic carbocycles. The van der Waals surface area contributed by atoms with Gasteiger partial charge in [-0.05, 0) is 37.7 Å². The lowest BCUT2D eigenvalue weighted by Crippen LogP contribution is -2.61. The number of benzene rings is 1. The number of hydrazine groups is 1. The molecule has 0 saturated carbocycles. The lowest BCUT2D eigenvalue weighted by atomic mass is 10.0. The maximum Gasteiger partial charge on any atom is 0.332 e. The molecular weight excluding hydrogens is 662 g/mol. The number of carboxylic acids is 3. The van der Waals surface area contributed by atoms with Crippen LogP contribution in [0.5, 0.6) is 0 Å². The van der Waals surface area contributed by atoms with Crippen molar-refractivity contribution < 1.29 is 58.8 Å². The van der Waals surface area contributed by atoms with Gasteiger partial charge in [-0.3, -0.25) is 33.8 Å². The smallest absolute Gasteiger partial charge is 0.332 e. The first kappa shape index (κ1) is 40.9. The summed E-state index contributed by atoms with van der Waals surface area (Å²) in [6.07, 6.45) is -3.16. The number of hydrogen-bond acceptors (Lipinski definition) is 10. The molecule has 276 valence electrons. The van der Waals surface area contributed by atoms with E-state index in [2.05, 4.69) is 21.3 Å². The van der Waals surface area contributed by atoms with E-state index in [1.807, 2.05) is 0 Å². The Morgan fingerprint density at radius 3 is 1.92 bits per heavy atom. The molecule has 50 heavy (non-hydrogen) atoms. The van der Waals surface area contributed by atoms with E-state index < -0.39 is 96.7 Å². The Morgan fingerprint density at radius 2 is 1.38 bits per heavy atom. The fourth-order valence-corrected chi connectivity index (χ4v) is 5.23. The molecule has 2 rings (SSSR count). The largest absolute Gasteiger partial charge is 0.481 e. The summed E-state index contributed by atoms with van der Waals surface area (Å²) in [4.78, 5) is 102. The number of nitrogens with one attached hydrogen (secondary N) is 4. The predicted octanol–water partition coefficient (Wildman–Crippen LogP) is -1.65. The van der Waals surface area contributed by atoms with E-state index in [-0.39, 0.29) is 31.8 Å². The van der Waals surface area contributed by atoms with Crippen LogP contribution in [0.25, 0.3) is 0 Å². The van der Waals surface area contributed by atoms with Gasteiger partial charge in [-0.1, -0.05) is 44.2 Å². The molecule has 6 amide bonds. The van der Waals surface area contributed by atoms with E-state index in [0.717, 1.165) is 16.8 Å². The molecule has 0 aromatic heterocycles. The van der Waals surface area contributed by atoms with E-state index >= 15 is 0 Å². The molecule has 1 heterocycles. The number of urea groups is 1. The van der Waals surface area contributed by atoms with Crippen molar-refractivity contribution in [3.63, 3.8) is 0 Å². The molecule has 19 heteroatoms. The summed E-state index contributed by atoms with van der Waals surface area (Å²) in [6.45, 7) is 4.55. The summed E-state index contributed by atoms with van der Waals surface area (Å²) in [5.74, 6) is -3.09. The van der Waals surface area contributed by atoms with E-state index in [1.165, 1.54) is 0 Å². The third-order valence-electron chi connectivity index (χ3n) is 7.67. The zero-order valence-corrected chi connectivity index (χ0v) is 27.9. The van der Waals surface area contributed by atoms with Gasteiger partial charge < -0.3 is 46.6 Å². The van der Waals surface area contributed by atoms with E-state index in [1.54, 1.807) is 44.2 Å². The molecule has 0 spiro atoms. The quantitative estimate of drug-likeness (QED) is 0.0470. The summed E-state index contributed by atoms with van der Waals surface area (Å²) in [6, 6.07) is -0.149. The Kier molecular flexibility index (Phi) is 15.6. The van der Waals surface area contributed by atoms with Crippen molar-refractivity contribution >= 4 is 47.6 Å². The first-order valence-corrected chi connectivity index (χ1v) is 15.8. The molecule has 1 aliphatic heterocycles. The van der Waals surface area contributed by atoms with Crippen LogP contribution in [0, 0.1) is 5.92 Å². The maximum atomic E-state index is 13.3. The Hall–Kier alpha value is -5.30. The highest BCUT2D eigenvalue weighted by Crippen LogP contribution is 2.19. The first-order valence-electron chi connectivity index (χ1n) is 15.8. The van der Waals surface area contributed by atoms with Gasteiger partial charge in [-0.25, -0.2) is 15.4 Å². The lowest BCUT2D eigenvalue weighted by Gasteiger charge is -2.29. The minimum atomic E-state index is -1.89. The second kappa shape index (κ2) is 19.0. The maximum absolute atomic E-state index is 13.3. The highest BCUT2D eigenvalue weighted by Gasteiger charge is 2.40. The average Bonchev–Trinajstić information content (AvgIpc) is 3.52. The fourth-order valence-electron chi connectivity index (χ4n) is 5.23. The zero-order valence-electron chi connectivity index (χ0n) is 27.9. The standard InChI is InChI=1S/C31H45N7O12/c1-16(2)12-19(35-31(50)38(32)15-18-8-5-4-6-9-18)26(44)33-20(13-23(40)41)27(45)36-25(17(3)39)28(46)34-21(14-24(42)43)29(47)37-11-7-10-22(37)30(48)49/h4-6,8-9,16-17,19-22,25,39H,7,10-15,32H2,1-3H3,(H,33,44)(H,34,46)(H,35,50)(H,36,45)(H,40,41)(H,42,43)(H,48,49)/t17-,19+,20+,21+,22-,25+/m1/s1. The molecular formula is C31H45N7O12. The monoisotopic (exact) mass is 707 g/mol. The van der Waals surface area contributed by atoms with Gasteiger partial charge in [0.2, 0.25) is 23.6 Å². The van der Waals surface area contributed by atoms with Gasteiger partial charge in [-0.2, -0.15) is 0 Å². The van der Waals surface area contributed by atoms with Gasteiger partial charge in [0.25, 0.3) is 0 Å². The second-order valence-electron chi connectivity index (χ2n) is 12.3. The van der Waals surface area contributed by atoms with Gasteiger partial charge in [-0.15, -0.1) is 0 Å². The van der Waals surface area contributed by atoms with Crippen LogP contribution in [-0.2, 0) is 40.1 Å². The zero-order chi connectivity index (χ0) is 37.7. The van der Waals surface area contributed by atoms with Gasteiger partial charge >= 0.3 is 23.9 Å². The molecule has 0 unspecified atom stereocenters. The molecule has 6 atom stereocenters. The molecule has 1 fully saturated rings. The molecule has 19 nitrogen and oxygen atoms in total. The van der Waals surface area contributed by atoms with E-state index in [4.69, 9.17) is 5.84 Å². The molecule has 0 bridgehead atoms. The number of nitrogens with two attached hydrogens (primary N) is 1. The van der Waals surface area contributed by atoms with Crippen molar-refractivity contribution in [2.45, 2.75) is 95.7 Å². The van der Waals surface area contributed by atoms with Crippen LogP contribution in [0.2, 0.25) is 0 Å². The Balaban J connectivity index is 2.22. The van der Waals surface area contributed by atoms with Crippen molar-refractivity contribution in [1.29, 1.82) is 0 Å². The Labute approximate surface area is 287 Å². The number of hydrogen-bond donors (Lipinski definition) is 9. The van der Waals surface area contributed by atoms with Crippen LogP contribution >= 0.6 is 0 Å². The first-order chi connectivity index (χ1) is 23.4. The topological polar surface area (TPSA) is 298 Å². The summed E-state index contributed by atoms with van der Waals surface area (Å²) < 4.78 is 0. The summed E-state index contributed by atoms with van der Waals surface area (Å²) >= 11 is 0. The van der Waals surface area contributed by atoms with Gasteiger partial charge in [0.05, 0.1) is 25.5 Å². The number of rotatable bonds is 18. The minimum absolute atomic E-state index is 0.00732. The average molecular weight is 708 g/mol. The van der Waals surface area contributed by atoms with E-state index in [0.29, 0.717) is 12.0 Å². The third kappa shape index (κ3) is 12.6. The molecule has 0 radical (unpaired) electrons. The van der Waals surface area contributed by atoms with Gasteiger partial charge in [0, 0.05) is 6.54 Å². The lowest BCUT2D eigenvalue weighted by molar-refractivity contribution is -0.150. The number of likely N-dealkylation sites (tertiary alicyclic amines) is 1. The number of nitrogens with zero attached hydrogens (tertiary/aromatic N) is 2. The Bertz CT molecular complexity index is 1410. The highest BCUT2D eigenvalue weighted by atomic mass is 16.4. The number of aliphatic hydroxyl groups is 1. The van der Waals surface area contributed by atoms with Crippen LogP contribution < -0.4 is 27.1 Å². The third-order valence-corrected chi connectivity index (χ3v) is 7.67. The van der Waals surface area contributed by atoms with Crippen LogP contribution in [0.1, 0.15) is 58.4 Å². The predicted molar refractivity (Wildman–Crippen MR) is 172 cm³/mol. The highest BCUT2D eigenvalue weighted by molar-refractivity contribution is 5.98. The normalized spacial score (nSPS) is 17.0. The fraction of sp³-hybridized carbons (Fsp3) is 0.548. The van der Waals surface area contributed by atoms with Crippen molar-refractivity contribution in [1.82, 2.24) is 31.2 Å². The van der Waals surface area contributed by atoms with Crippen LogP contribution in [0.4, 0.5) is 4.79 Å². The van der Waals surface area contributed by atoms with Crippen LogP contribution in [0.3, 0.4) is 0 Å². The number of carbonyl (C=O) groups is 8. The summed E-state index contributed by atoms with van der Waals surface area (Å²) in [5.41, 5.74) is 0.698. The minimum Gasteiger partial charge on any atom is -0.481 e. The number of aliphatic hydroxyl groups excluding tert-OH is 1. The van der Waals surface area contributed by atoms with Crippen molar-refractivity contribution in [2.24, 2.45) is 11.8 Å².